The first kappa shape index (κ1) is 16.5. The van der Waals surface area contributed by atoms with E-state index in [0.717, 1.165) is 18.6 Å². The van der Waals surface area contributed by atoms with Crippen molar-refractivity contribution >= 4 is 11.6 Å². The number of rotatable bonds is 3. The van der Waals surface area contributed by atoms with Crippen LogP contribution in [0.4, 0.5) is 23.2 Å². The minimum absolute atomic E-state index is 0.100. The van der Waals surface area contributed by atoms with Gasteiger partial charge in [-0.05, 0) is 48.7 Å². The molecule has 1 amide bonds. The molecule has 1 aliphatic rings. The molecule has 126 valence electrons. The summed E-state index contributed by atoms with van der Waals surface area (Å²) in [6.45, 7) is 0. The molecule has 0 bridgehead atoms. The SMILES string of the molecule is O=C(Nc1cccc(C(F)(F)F)c1)C1(c2ccc(F)cc2)CCC1. The van der Waals surface area contributed by atoms with Crippen LogP contribution in [0, 0.1) is 5.82 Å². The predicted molar refractivity (Wildman–Crippen MR) is 82.0 cm³/mol. The summed E-state index contributed by atoms with van der Waals surface area (Å²) < 4.78 is 51.4. The van der Waals surface area contributed by atoms with Gasteiger partial charge in [0.2, 0.25) is 5.91 Å². The lowest BCUT2D eigenvalue weighted by Gasteiger charge is -2.40. The number of carbonyl (C=O) groups excluding carboxylic acids is 1. The maximum atomic E-state index is 13.1. The summed E-state index contributed by atoms with van der Waals surface area (Å²) in [7, 11) is 0. The molecule has 2 aromatic carbocycles. The highest BCUT2D eigenvalue weighted by Crippen LogP contribution is 2.44. The molecular formula is C18H15F4NO. The summed E-state index contributed by atoms with van der Waals surface area (Å²) >= 11 is 0. The first-order valence-corrected chi connectivity index (χ1v) is 7.56. The molecule has 1 saturated carbocycles. The van der Waals surface area contributed by atoms with Crippen LogP contribution in [0.3, 0.4) is 0 Å². The molecule has 0 unspecified atom stereocenters. The van der Waals surface area contributed by atoms with E-state index in [2.05, 4.69) is 5.32 Å². The van der Waals surface area contributed by atoms with Crippen molar-refractivity contribution in [3.05, 3.63) is 65.5 Å². The molecule has 0 aliphatic heterocycles. The van der Waals surface area contributed by atoms with Crippen molar-refractivity contribution in [2.75, 3.05) is 5.32 Å². The van der Waals surface area contributed by atoms with E-state index in [9.17, 15) is 22.4 Å². The Hall–Kier alpha value is -2.37. The Bertz CT molecular complexity index is 748. The Labute approximate surface area is 136 Å². The third kappa shape index (κ3) is 3.00. The fourth-order valence-corrected chi connectivity index (χ4v) is 2.97. The van der Waals surface area contributed by atoms with Crippen LogP contribution in [0.15, 0.2) is 48.5 Å². The molecule has 24 heavy (non-hydrogen) atoms. The average Bonchev–Trinajstić information content (AvgIpc) is 2.47. The molecule has 0 saturated heterocycles. The van der Waals surface area contributed by atoms with Gasteiger partial charge >= 0.3 is 6.18 Å². The smallest absolute Gasteiger partial charge is 0.325 e. The van der Waals surface area contributed by atoms with Gasteiger partial charge in [0, 0.05) is 5.69 Å². The number of anilines is 1. The number of alkyl halides is 3. The molecular weight excluding hydrogens is 322 g/mol. The predicted octanol–water partition coefficient (Wildman–Crippen LogP) is 4.90. The summed E-state index contributed by atoms with van der Waals surface area (Å²) in [6.07, 6.45) is -2.45. The standard InChI is InChI=1S/C18H15F4NO/c19-14-7-5-12(6-8-14)17(9-2-10-17)16(24)23-15-4-1-3-13(11-15)18(20,21)22/h1,3-8,11H,2,9-10H2,(H,23,24). The number of halogens is 4. The lowest BCUT2D eigenvalue weighted by atomic mass is 9.64. The summed E-state index contributed by atoms with van der Waals surface area (Å²) in [6, 6.07) is 10.2. The summed E-state index contributed by atoms with van der Waals surface area (Å²) in [5, 5.41) is 2.58. The maximum absolute atomic E-state index is 13.1. The van der Waals surface area contributed by atoms with E-state index in [0.29, 0.717) is 18.4 Å². The highest BCUT2D eigenvalue weighted by Gasteiger charge is 2.45. The molecule has 1 fully saturated rings. The molecule has 1 aliphatic carbocycles. The fourth-order valence-electron chi connectivity index (χ4n) is 2.97. The molecule has 0 radical (unpaired) electrons. The lowest BCUT2D eigenvalue weighted by Crippen LogP contribution is -2.46. The van der Waals surface area contributed by atoms with E-state index in [1.54, 1.807) is 12.1 Å². The zero-order valence-corrected chi connectivity index (χ0v) is 12.7. The van der Waals surface area contributed by atoms with E-state index in [1.165, 1.54) is 24.3 Å². The molecule has 0 atom stereocenters. The van der Waals surface area contributed by atoms with Crippen LogP contribution in [-0.2, 0) is 16.4 Å². The number of hydrogen-bond acceptors (Lipinski definition) is 1. The van der Waals surface area contributed by atoms with Crippen LogP contribution >= 0.6 is 0 Å². The largest absolute Gasteiger partial charge is 0.416 e. The lowest BCUT2D eigenvalue weighted by molar-refractivity contribution is -0.137. The number of amides is 1. The summed E-state index contributed by atoms with van der Waals surface area (Å²) in [5.74, 6) is -0.758. The zero-order valence-electron chi connectivity index (χ0n) is 12.7. The van der Waals surface area contributed by atoms with Crippen LogP contribution in [0.5, 0.6) is 0 Å². The fraction of sp³-hybridized carbons (Fsp3) is 0.278. The van der Waals surface area contributed by atoms with Gasteiger partial charge in [0.25, 0.3) is 0 Å². The molecule has 1 N–H and O–H groups in total. The number of benzene rings is 2. The minimum Gasteiger partial charge on any atom is -0.325 e. The van der Waals surface area contributed by atoms with Gasteiger partial charge < -0.3 is 5.32 Å². The molecule has 0 aromatic heterocycles. The van der Waals surface area contributed by atoms with E-state index in [4.69, 9.17) is 0 Å². The van der Waals surface area contributed by atoms with Crippen molar-refractivity contribution in [3.8, 4) is 0 Å². The van der Waals surface area contributed by atoms with E-state index >= 15 is 0 Å². The van der Waals surface area contributed by atoms with Crippen LogP contribution in [0.25, 0.3) is 0 Å². The Morgan fingerprint density at radius 1 is 1.04 bits per heavy atom. The normalized spacial score (nSPS) is 16.3. The Kier molecular flexibility index (Phi) is 4.07. The molecule has 2 nitrogen and oxygen atoms in total. The van der Waals surface area contributed by atoms with E-state index in [-0.39, 0.29) is 11.6 Å². The van der Waals surface area contributed by atoms with Crippen molar-refractivity contribution < 1.29 is 22.4 Å². The van der Waals surface area contributed by atoms with Gasteiger partial charge in [-0.1, -0.05) is 24.6 Å². The minimum atomic E-state index is -4.47. The maximum Gasteiger partial charge on any atom is 0.416 e. The second-order valence-corrected chi connectivity index (χ2v) is 5.98. The van der Waals surface area contributed by atoms with Crippen LogP contribution in [0.1, 0.15) is 30.4 Å². The van der Waals surface area contributed by atoms with Gasteiger partial charge in [0.05, 0.1) is 11.0 Å². The molecule has 2 aromatic rings. The second kappa shape index (κ2) is 5.92. The zero-order chi connectivity index (χ0) is 17.4. The van der Waals surface area contributed by atoms with Gasteiger partial charge in [-0.3, -0.25) is 4.79 Å². The third-order valence-corrected chi connectivity index (χ3v) is 4.49. The van der Waals surface area contributed by atoms with Crippen LogP contribution in [0.2, 0.25) is 0 Å². The number of carbonyl (C=O) groups is 1. The molecule has 3 rings (SSSR count). The van der Waals surface area contributed by atoms with Gasteiger partial charge in [-0.2, -0.15) is 13.2 Å². The molecule has 0 spiro atoms. The van der Waals surface area contributed by atoms with E-state index in [1.807, 2.05) is 0 Å². The highest BCUT2D eigenvalue weighted by atomic mass is 19.4. The van der Waals surface area contributed by atoms with Crippen LogP contribution in [-0.4, -0.2) is 5.91 Å². The first-order chi connectivity index (χ1) is 11.3. The highest BCUT2D eigenvalue weighted by molar-refractivity contribution is 6.00. The third-order valence-electron chi connectivity index (χ3n) is 4.49. The van der Waals surface area contributed by atoms with Crippen molar-refractivity contribution in [2.45, 2.75) is 30.9 Å². The molecule has 0 heterocycles. The topological polar surface area (TPSA) is 29.1 Å². The van der Waals surface area contributed by atoms with Gasteiger partial charge in [0.1, 0.15) is 5.82 Å². The van der Waals surface area contributed by atoms with Crippen molar-refractivity contribution in [2.24, 2.45) is 0 Å². The Morgan fingerprint density at radius 2 is 1.71 bits per heavy atom. The van der Waals surface area contributed by atoms with Crippen LogP contribution < -0.4 is 5.32 Å². The monoisotopic (exact) mass is 337 g/mol. The van der Waals surface area contributed by atoms with E-state index < -0.39 is 23.0 Å². The van der Waals surface area contributed by atoms with Crippen molar-refractivity contribution in [1.29, 1.82) is 0 Å². The Balaban J connectivity index is 1.84. The van der Waals surface area contributed by atoms with Gasteiger partial charge in [0.15, 0.2) is 0 Å². The van der Waals surface area contributed by atoms with Crippen molar-refractivity contribution in [1.82, 2.24) is 0 Å². The average molecular weight is 337 g/mol. The summed E-state index contributed by atoms with van der Waals surface area (Å²) in [5.41, 5.74) is -0.838. The Morgan fingerprint density at radius 3 is 2.25 bits per heavy atom. The number of hydrogen-bond donors (Lipinski definition) is 1. The first-order valence-electron chi connectivity index (χ1n) is 7.56. The molecule has 6 heteroatoms. The number of nitrogens with one attached hydrogen (secondary N) is 1. The second-order valence-electron chi connectivity index (χ2n) is 5.98. The summed E-state index contributed by atoms with van der Waals surface area (Å²) in [4.78, 5) is 12.7. The quantitative estimate of drug-likeness (QED) is 0.793. The van der Waals surface area contributed by atoms with Crippen molar-refractivity contribution in [3.63, 3.8) is 0 Å². The van der Waals surface area contributed by atoms with Gasteiger partial charge in [-0.15, -0.1) is 0 Å². The van der Waals surface area contributed by atoms with Gasteiger partial charge in [-0.25, -0.2) is 4.39 Å².